The number of alkyl halides is 1. The molecule has 0 saturated carbocycles. The Labute approximate surface area is 129 Å². The van der Waals surface area contributed by atoms with Gasteiger partial charge in [0, 0.05) is 10.6 Å². The van der Waals surface area contributed by atoms with Crippen molar-refractivity contribution in [1.29, 1.82) is 0 Å². The first-order valence-corrected chi connectivity index (χ1v) is 7.06. The standard InChI is InChI=1S/C15H10Cl2FNO2/c16-10-2-1-3-12(18)9(10)7-11(17)8-4-5-13-14(6-8)21-15(20)19-13/h1-6,11H,7H2,(H,19,20). The molecule has 108 valence electrons. The van der Waals surface area contributed by atoms with Gasteiger partial charge in [0.1, 0.15) is 5.82 Å². The number of benzene rings is 2. The van der Waals surface area contributed by atoms with Crippen molar-refractivity contribution in [3.8, 4) is 0 Å². The molecule has 0 radical (unpaired) electrons. The van der Waals surface area contributed by atoms with Crippen molar-refractivity contribution in [1.82, 2.24) is 4.98 Å². The summed E-state index contributed by atoms with van der Waals surface area (Å²) < 4.78 is 18.8. The van der Waals surface area contributed by atoms with Gasteiger partial charge in [0.2, 0.25) is 0 Å². The van der Waals surface area contributed by atoms with E-state index in [0.29, 0.717) is 21.7 Å². The van der Waals surface area contributed by atoms with Crippen LogP contribution in [0.3, 0.4) is 0 Å². The Morgan fingerprint density at radius 3 is 2.86 bits per heavy atom. The number of fused-ring (bicyclic) bond motifs is 1. The first-order chi connectivity index (χ1) is 10.0. The fourth-order valence-electron chi connectivity index (χ4n) is 2.18. The van der Waals surface area contributed by atoms with Gasteiger partial charge >= 0.3 is 5.76 Å². The highest BCUT2D eigenvalue weighted by atomic mass is 35.5. The van der Waals surface area contributed by atoms with Crippen LogP contribution in [0.25, 0.3) is 11.1 Å². The number of hydrogen-bond donors (Lipinski definition) is 1. The molecule has 0 aliphatic carbocycles. The number of hydrogen-bond acceptors (Lipinski definition) is 2. The first kappa shape index (κ1) is 14.2. The number of aromatic nitrogens is 1. The molecule has 1 N–H and O–H groups in total. The summed E-state index contributed by atoms with van der Waals surface area (Å²) >= 11 is 12.3. The topological polar surface area (TPSA) is 46.0 Å². The number of halogens is 3. The molecule has 6 heteroatoms. The second-order valence-corrected chi connectivity index (χ2v) is 5.58. The van der Waals surface area contributed by atoms with Gasteiger partial charge in [-0.25, -0.2) is 9.18 Å². The summed E-state index contributed by atoms with van der Waals surface area (Å²) in [7, 11) is 0. The van der Waals surface area contributed by atoms with Crippen LogP contribution in [0.5, 0.6) is 0 Å². The molecule has 1 atom stereocenters. The Morgan fingerprint density at radius 1 is 1.29 bits per heavy atom. The average Bonchev–Trinajstić information content (AvgIpc) is 2.81. The van der Waals surface area contributed by atoms with Gasteiger partial charge in [0.05, 0.1) is 10.9 Å². The van der Waals surface area contributed by atoms with Crippen LogP contribution in [0.1, 0.15) is 16.5 Å². The van der Waals surface area contributed by atoms with Crippen LogP contribution in [0.4, 0.5) is 4.39 Å². The Hall–Kier alpha value is -1.78. The van der Waals surface area contributed by atoms with Crippen LogP contribution < -0.4 is 5.76 Å². The molecule has 1 aromatic heterocycles. The van der Waals surface area contributed by atoms with Gasteiger partial charge < -0.3 is 4.42 Å². The lowest BCUT2D eigenvalue weighted by atomic mass is 10.0. The monoisotopic (exact) mass is 325 g/mol. The summed E-state index contributed by atoms with van der Waals surface area (Å²) in [5.74, 6) is -0.909. The fourth-order valence-corrected chi connectivity index (χ4v) is 2.71. The molecule has 3 rings (SSSR count). The van der Waals surface area contributed by atoms with Gasteiger partial charge in [0.15, 0.2) is 5.58 Å². The SMILES string of the molecule is O=c1[nH]c2ccc(C(Cl)Cc3c(F)cccc3Cl)cc2o1. The molecule has 0 bridgehead atoms. The van der Waals surface area contributed by atoms with E-state index >= 15 is 0 Å². The molecule has 2 aromatic carbocycles. The van der Waals surface area contributed by atoms with Crippen LogP contribution in [0.2, 0.25) is 5.02 Å². The molecular weight excluding hydrogens is 316 g/mol. The number of nitrogens with one attached hydrogen (secondary N) is 1. The van der Waals surface area contributed by atoms with Crippen LogP contribution in [0, 0.1) is 5.82 Å². The van der Waals surface area contributed by atoms with Gasteiger partial charge in [-0.2, -0.15) is 0 Å². The highest BCUT2D eigenvalue weighted by Crippen LogP contribution is 2.31. The third-order valence-corrected chi connectivity index (χ3v) is 4.01. The largest absolute Gasteiger partial charge is 0.417 e. The normalized spacial score (nSPS) is 12.7. The van der Waals surface area contributed by atoms with Crippen molar-refractivity contribution in [3.63, 3.8) is 0 Å². The van der Waals surface area contributed by atoms with E-state index in [-0.39, 0.29) is 12.2 Å². The molecule has 0 spiro atoms. The lowest BCUT2D eigenvalue weighted by Crippen LogP contribution is -1.99. The van der Waals surface area contributed by atoms with E-state index < -0.39 is 11.1 Å². The number of oxazole rings is 1. The van der Waals surface area contributed by atoms with Crippen LogP contribution in [-0.2, 0) is 6.42 Å². The van der Waals surface area contributed by atoms with E-state index in [9.17, 15) is 9.18 Å². The molecule has 3 nitrogen and oxygen atoms in total. The summed E-state index contributed by atoms with van der Waals surface area (Å²) in [5, 5.41) is -0.140. The second-order valence-electron chi connectivity index (χ2n) is 4.64. The number of H-pyrrole nitrogens is 1. The van der Waals surface area contributed by atoms with Gasteiger partial charge in [-0.15, -0.1) is 11.6 Å². The van der Waals surface area contributed by atoms with Crippen molar-refractivity contribution in [2.45, 2.75) is 11.8 Å². The maximum absolute atomic E-state index is 13.8. The third kappa shape index (κ3) is 2.82. The van der Waals surface area contributed by atoms with Crippen molar-refractivity contribution in [3.05, 3.63) is 68.9 Å². The quantitative estimate of drug-likeness (QED) is 0.724. The minimum absolute atomic E-state index is 0.243. The molecule has 0 amide bonds. The summed E-state index contributed by atoms with van der Waals surface area (Å²) in [4.78, 5) is 13.7. The highest BCUT2D eigenvalue weighted by Gasteiger charge is 2.16. The molecule has 0 aliphatic heterocycles. The van der Waals surface area contributed by atoms with Gasteiger partial charge in [0.25, 0.3) is 0 Å². The minimum atomic E-state index is -0.523. The molecule has 0 saturated heterocycles. The van der Waals surface area contributed by atoms with Crippen LogP contribution in [0.15, 0.2) is 45.6 Å². The predicted molar refractivity (Wildman–Crippen MR) is 80.5 cm³/mol. The van der Waals surface area contributed by atoms with Gasteiger partial charge in [-0.05, 0) is 36.2 Å². The zero-order valence-electron chi connectivity index (χ0n) is 10.7. The number of rotatable bonds is 3. The molecule has 3 aromatic rings. The van der Waals surface area contributed by atoms with Crippen LogP contribution in [-0.4, -0.2) is 4.98 Å². The summed E-state index contributed by atoms with van der Waals surface area (Å²) in [6, 6.07) is 9.65. The summed E-state index contributed by atoms with van der Waals surface area (Å²) in [6.45, 7) is 0. The smallest absolute Gasteiger partial charge is 0.408 e. The lowest BCUT2D eigenvalue weighted by Gasteiger charge is -2.12. The Kier molecular flexibility index (Phi) is 3.74. The summed E-state index contributed by atoms with van der Waals surface area (Å²) in [6.07, 6.45) is 0.243. The maximum atomic E-state index is 13.8. The predicted octanol–water partition coefficient (Wildman–Crippen LogP) is 4.44. The van der Waals surface area contributed by atoms with E-state index in [1.54, 1.807) is 30.3 Å². The van der Waals surface area contributed by atoms with Crippen molar-refractivity contribution in [2.75, 3.05) is 0 Å². The average molecular weight is 326 g/mol. The van der Waals surface area contributed by atoms with Crippen LogP contribution >= 0.6 is 23.2 Å². The zero-order valence-corrected chi connectivity index (χ0v) is 12.2. The van der Waals surface area contributed by atoms with E-state index in [4.69, 9.17) is 27.6 Å². The maximum Gasteiger partial charge on any atom is 0.417 e. The minimum Gasteiger partial charge on any atom is -0.408 e. The molecule has 0 aliphatic rings. The van der Waals surface area contributed by atoms with E-state index in [2.05, 4.69) is 4.98 Å². The molecular formula is C15H10Cl2FNO2. The van der Waals surface area contributed by atoms with E-state index in [1.165, 1.54) is 6.07 Å². The van der Waals surface area contributed by atoms with E-state index in [1.807, 2.05) is 0 Å². The fraction of sp³-hybridized carbons (Fsp3) is 0.133. The van der Waals surface area contributed by atoms with Crippen molar-refractivity contribution in [2.24, 2.45) is 0 Å². The zero-order chi connectivity index (χ0) is 15.0. The number of aromatic amines is 1. The molecule has 1 heterocycles. The highest BCUT2D eigenvalue weighted by molar-refractivity contribution is 6.31. The van der Waals surface area contributed by atoms with E-state index in [0.717, 1.165) is 5.56 Å². The summed E-state index contributed by atoms with van der Waals surface area (Å²) in [5.41, 5.74) is 2.11. The molecule has 0 fully saturated rings. The first-order valence-electron chi connectivity index (χ1n) is 6.24. The Morgan fingerprint density at radius 2 is 2.10 bits per heavy atom. The Bertz CT molecular complexity index is 836. The second kappa shape index (κ2) is 5.54. The molecule has 21 heavy (non-hydrogen) atoms. The lowest BCUT2D eigenvalue weighted by molar-refractivity contribution is 0.555. The Balaban J connectivity index is 1.93. The van der Waals surface area contributed by atoms with Gasteiger partial charge in [-0.1, -0.05) is 23.7 Å². The third-order valence-electron chi connectivity index (χ3n) is 3.25. The van der Waals surface area contributed by atoms with Crippen molar-refractivity contribution >= 4 is 34.3 Å². The van der Waals surface area contributed by atoms with Crippen molar-refractivity contribution < 1.29 is 8.81 Å². The van der Waals surface area contributed by atoms with Gasteiger partial charge in [-0.3, -0.25) is 4.98 Å². The molecule has 1 unspecified atom stereocenters.